The van der Waals surface area contributed by atoms with E-state index in [0.717, 1.165) is 27.4 Å². The molecule has 0 aromatic heterocycles. The Balaban J connectivity index is 1.64. The van der Waals surface area contributed by atoms with E-state index in [4.69, 9.17) is 0 Å². The van der Waals surface area contributed by atoms with Gasteiger partial charge in [0, 0.05) is 32.0 Å². The van der Waals surface area contributed by atoms with Gasteiger partial charge in [-0.25, -0.2) is 12.7 Å². The standard InChI is InChI=1S/C31H35N3O5S/c1-4-23(3)32-30(36)27(20-24-10-6-5-7-11-24)33(21-25-16-14-22(2)15-17-25)29(35)18-19-34-31(37)26-12-8-9-13-28(26)40(34,38)39/h5-17,23,27H,4,18-21H2,1-3H3,(H,32,36)/t23-,27-/m1/s1. The fraction of sp³-hybridized carbons (Fsp3) is 0.323. The Morgan fingerprint density at radius 3 is 2.23 bits per heavy atom. The summed E-state index contributed by atoms with van der Waals surface area (Å²) in [5, 5.41) is 3.02. The zero-order chi connectivity index (χ0) is 28.9. The van der Waals surface area contributed by atoms with Crippen LogP contribution in [0.2, 0.25) is 0 Å². The predicted molar refractivity (Wildman–Crippen MR) is 153 cm³/mol. The molecule has 0 aliphatic carbocycles. The van der Waals surface area contributed by atoms with Crippen LogP contribution in [0, 0.1) is 6.92 Å². The van der Waals surface area contributed by atoms with Gasteiger partial charge >= 0.3 is 0 Å². The number of amides is 3. The van der Waals surface area contributed by atoms with Gasteiger partial charge in [-0.3, -0.25) is 14.4 Å². The van der Waals surface area contributed by atoms with Gasteiger partial charge in [-0.1, -0.05) is 79.2 Å². The van der Waals surface area contributed by atoms with Crippen LogP contribution < -0.4 is 5.32 Å². The summed E-state index contributed by atoms with van der Waals surface area (Å²) in [4.78, 5) is 41.8. The Kier molecular flexibility index (Phi) is 9.04. The monoisotopic (exact) mass is 561 g/mol. The van der Waals surface area contributed by atoms with Crippen LogP contribution in [0.25, 0.3) is 0 Å². The maximum atomic E-state index is 13.9. The molecule has 3 amide bonds. The second-order valence-electron chi connectivity index (χ2n) is 10.2. The summed E-state index contributed by atoms with van der Waals surface area (Å²) in [6.07, 6.45) is 0.755. The van der Waals surface area contributed by atoms with Gasteiger partial charge in [0.25, 0.3) is 15.9 Å². The number of rotatable bonds is 11. The second kappa shape index (κ2) is 12.5. The molecule has 0 radical (unpaired) electrons. The van der Waals surface area contributed by atoms with Gasteiger partial charge in [0.2, 0.25) is 11.8 Å². The Labute approximate surface area is 236 Å². The average molecular weight is 562 g/mol. The Bertz CT molecular complexity index is 1470. The first-order valence-electron chi connectivity index (χ1n) is 13.5. The van der Waals surface area contributed by atoms with E-state index in [2.05, 4.69) is 5.32 Å². The first kappa shape index (κ1) is 29.0. The molecule has 1 heterocycles. The molecule has 0 saturated carbocycles. The van der Waals surface area contributed by atoms with Crippen LogP contribution in [-0.4, -0.2) is 54.0 Å². The zero-order valence-electron chi connectivity index (χ0n) is 23.0. The highest BCUT2D eigenvalue weighted by molar-refractivity contribution is 7.90. The van der Waals surface area contributed by atoms with Crippen LogP contribution in [0.5, 0.6) is 0 Å². The molecule has 2 atom stereocenters. The minimum absolute atomic E-state index is 0.0566. The maximum absolute atomic E-state index is 13.9. The highest BCUT2D eigenvalue weighted by Gasteiger charge is 2.41. The van der Waals surface area contributed by atoms with Gasteiger partial charge in [-0.15, -0.1) is 0 Å². The summed E-state index contributed by atoms with van der Waals surface area (Å²) in [6, 6.07) is 22.3. The van der Waals surface area contributed by atoms with Crippen LogP contribution in [0.1, 0.15) is 53.7 Å². The molecule has 4 rings (SSSR count). The number of fused-ring (bicyclic) bond motifs is 1. The molecule has 210 valence electrons. The molecule has 0 fully saturated rings. The Hall–Kier alpha value is -3.98. The van der Waals surface area contributed by atoms with Gasteiger partial charge < -0.3 is 10.2 Å². The molecule has 1 aliphatic rings. The van der Waals surface area contributed by atoms with Crippen molar-refractivity contribution in [1.29, 1.82) is 0 Å². The molecule has 1 aliphatic heterocycles. The van der Waals surface area contributed by atoms with Crippen LogP contribution in [0.3, 0.4) is 0 Å². The SMILES string of the molecule is CC[C@@H](C)NC(=O)[C@@H](Cc1ccccc1)N(Cc1ccc(C)cc1)C(=O)CCN1C(=O)c2ccccc2S1(=O)=O. The molecule has 3 aromatic rings. The lowest BCUT2D eigenvalue weighted by Gasteiger charge is -2.32. The lowest BCUT2D eigenvalue weighted by molar-refractivity contribution is -0.141. The Morgan fingerprint density at radius 2 is 1.57 bits per heavy atom. The molecule has 0 spiro atoms. The number of hydrogen-bond acceptors (Lipinski definition) is 5. The molecular formula is C31H35N3O5S. The van der Waals surface area contributed by atoms with Crippen LogP contribution >= 0.6 is 0 Å². The number of carbonyl (C=O) groups is 3. The Morgan fingerprint density at radius 1 is 0.925 bits per heavy atom. The molecule has 8 nitrogen and oxygen atoms in total. The topological polar surface area (TPSA) is 104 Å². The van der Waals surface area contributed by atoms with E-state index in [1.54, 1.807) is 12.1 Å². The van der Waals surface area contributed by atoms with Gasteiger partial charge in [0.1, 0.15) is 10.9 Å². The normalized spacial score (nSPS) is 15.3. The molecule has 0 bridgehead atoms. The summed E-state index contributed by atoms with van der Waals surface area (Å²) in [7, 11) is -4.05. The molecule has 0 unspecified atom stereocenters. The van der Waals surface area contributed by atoms with E-state index in [9.17, 15) is 22.8 Å². The predicted octanol–water partition coefficient (Wildman–Crippen LogP) is 4.08. The van der Waals surface area contributed by atoms with E-state index in [0.29, 0.717) is 0 Å². The van der Waals surface area contributed by atoms with Gasteiger partial charge in [-0.2, -0.15) is 0 Å². The van der Waals surface area contributed by atoms with Crippen molar-refractivity contribution in [2.75, 3.05) is 6.54 Å². The van der Waals surface area contributed by atoms with Crippen LogP contribution in [-0.2, 0) is 32.6 Å². The maximum Gasteiger partial charge on any atom is 0.269 e. The number of aryl methyl sites for hydroxylation is 1. The van der Waals surface area contributed by atoms with E-state index < -0.39 is 27.9 Å². The first-order valence-corrected chi connectivity index (χ1v) is 14.9. The van der Waals surface area contributed by atoms with Gasteiger partial charge in [-0.05, 0) is 43.5 Å². The fourth-order valence-corrected chi connectivity index (χ4v) is 6.25. The molecular weight excluding hydrogens is 526 g/mol. The van der Waals surface area contributed by atoms with Crippen molar-refractivity contribution in [3.63, 3.8) is 0 Å². The minimum Gasteiger partial charge on any atom is -0.352 e. The van der Waals surface area contributed by atoms with E-state index >= 15 is 0 Å². The third kappa shape index (κ3) is 6.42. The summed E-state index contributed by atoms with van der Waals surface area (Å²) in [6.45, 7) is 5.69. The number of benzene rings is 3. The van der Waals surface area contributed by atoms with Crippen molar-refractivity contribution >= 4 is 27.7 Å². The number of nitrogens with zero attached hydrogens (tertiary/aromatic N) is 2. The summed E-state index contributed by atoms with van der Waals surface area (Å²) >= 11 is 0. The summed E-state index contributed by atoms with van der Waals surface area (Å²) in [5.41, 5.74) is 2.89. The first-order chi connectivity index (χ1) is 19.1. The highest BCUT2D eigenvalue weighted by Crippen LogP contribution is 2.30. The molecule has 3 aromatic carbocycles. The number of carbonyl (C=O) groups excluding carboxylic acids is 3. The van der Waals surface area contributed by atoms with Crippen molar-refractivity contribution in [2.24, 2.45) is 0 Å². The van der Waals surface area contributed by atoms with Gasteiger partial charge in [0.05, 0.1) is 5.56 Å². The molecule has 40 heavy (non-hydrogen) atoms. The van der Waals surface area contributed by atoms with E-state index in [-0.39, 0.29) is 48.3 Å². The summed E-state index contributed by atoms with van der Waals surface area (Å²) < 4.78 is 26.9. The van der Waals surface area contributed by atoms with Gasteiger partial charge in [0.15, 0.2) is 0 Å². The third-order valence-electron chi connectivity index (χ3n) is 7.19. The third-order valence-corrected chi connectivity index (χ3v) is 9.03. The molecule has 0 saturated heterocycles. The summed E-state index contributed by atoms with van der Waals surface area (Å²) in [5.74, 6) is -1.35. The number of nitrogens with one attached hydrogen (secondary N) is 1. The molecule has 1 N–H and O–H groups in total. The van der Waals surface area contributed by atoms with E-state index in [1.807, 2.05) is 75.4 Å². The molecule has 9 heteroatoms. The lowest BCUT2D eigenvalue weighted by atomic mass is 10.0. The largest absolute Gasteiger partial charge is 0.352 e. The zero-order valence-corrected chi connectivity index (χ0v) is 23.9. The second-order valence-corrected chi connectivity index (χ2v) is 12.0. The smallest absolute Gasteiger partial charge is 0.269 e. The van der Waals surface area contributed by atoms with Crippen molar-refractivity contribution in [2.45, 2.75) is 63.6 Å². The highest BCUT2D eigenvalue weighted by atomic mass is 32.2. The average Bonchev–Trinajstić information content (AvgIpc) is 3.15. The minimum atomic E-state index is -4.05. The quantitative estimate of drug-likeness (QED) is 0.380. The van der Waals surface area contributed by atoms with E-state index in [1.165, 1.54) is 17.0 Å². The van der Waals surface area contributed by atoms with Crippen molar-refractivity contribution < 1.29 is 22.8 Å². The lowest BCUT2D eigenvalue weighted by Crippen LogP contribution is -2.52. The number of sulfonamides is 1. The van der Waals surface area contributed by atoms with Crippen LogP contribution in [0.15, 0.2) is 83.8 Å². The van der Waals surface area contributed by atoms with Crippen molar-refractivity contribution in [1.82, 2.24) is 14.5 Å². The van der Waals surface area contributed by atoms with Crippen LogP contribution in [0.4, 0.5) is 0 Å². The van der Waals surface area contributed by atoms with Crippen molar-refractivity contribution in [3.8, 4) is 0 Å². The fourth-order valence-electron chi connectivity index (χ4n) is 4.68. The number of hydrogen-bond donors (Lipinski definition) is 1. The van der Waals surface area contributed by atoms with Crippen molar-refractivity contribution in [3.05, 3.63) is 101 Å².